The van der Waals surface area contributed by atoms with Crippen LogP contribution in [-0.4, -0.2) is 19.6 Å². The Morgan fingerprint density at radius 1 is 1.22 bits per heavy atom. The second kappa shape index (κ2) is 4.12. The fourth-order valence-electron chi connectivity index (χ4n) is 2.50. The summed E-state index contributed by atoms with van der Waals surface area (Å²) in [7, 11) is 1.28. The summed E-state index contributed by atoms with van der Waals surface area (Å²) in [6.07, 6.45) is -0.949. The minimum Gasteiger partial charge on any atom is -0.496 e. The maximum atomic E-state index is 13.3. The quantitative estimate of drug-likeness (QED) is 0.851. The largest absolute Gasteiger partial charge is 0.496 e. The average molecular weight is 263 g/mol. The number of ether oxygens (including phenoxy) is 1. The van der Waals surface area contributed by atoms with E-state index in [1.807, 2.05) is 0 Å². The lowest BCUT2D eigenvalue weighted by molar-refractivity contribution is -0.124. The molecule has 0 amide bonds. The van der Waals surface area contributed by atoms with E-state index in [1.54, 1.807) is 0 Å². The second-order valence-electron chi connectivity index (χ2n) is 4.66. The molecule has 6 heteroatoms. The molecule has 0 saturated heterocycles. The molecule has 2 rings (SSSR count). The van der Waals surface area contributed by atoms with E-state index in [0.29, 0.717) is 0 Å². The van der Waals surface area contributed by atoms with E-state index >= 15 is 0 Å². The van der Waals surface area contributed by atoms with E-state index in [2.05, 4.69) is 0 Å². The van der Waals surface area contributed by atoms with Crippen molar-refractivity contribution in [2.24, 2.45) is 5.73 Å². The van der Waals surface area contributed by atoms with Gasteiger partial charge in [0.25, 0.3) is 0 Å². The fraction of sp³-hybridized carbons (Fsp3) is 0.500. The minimum absolute atomic E-state index is 0.0508. The summed E-state index contributed by atoms with van der Waals surface area (Å²) in [5.41, 5.74) is 4.70. The van der Waals surface area contributed by atoms with E-state index in [9.17, 15) is 17.6 Å². The molecule has 2 nitrogen and oxygen atoms in total. The highest BCUT2D eigenvalue weighted by atomic mass is 19.3. The Morgan fingerprint density at radius 2 is 1.78 bits per heavy atom. The molecular weight excluding hydrogens is 250 g/mol. The summed E-state index contributed by atoms with van der Waals surface area (Å²) < 4.78 is 57.4. The molecule has 1 saturated carbocycles. The number of halogens is 4. The van der Waals surface area contributed by atoms with Crippen LogP contribution in [0.5, 0.6) is 5.75 Å². The molecule has 100 valence electrons. The van der Waals surface area contributed by atoms with Gasteiger partial charge in [-0.05, 0) is 6.07 Å². The Kier molecular flexibility index (Phi) is 3.01. The van der Waals surface area contributed by atoms with Crippen molar-refractivity contribution >= 4 is 0 Å². The van der Waals surface area contributed by atoms with Gasteiger partial charge in [0.15, 0.2) is 11.6 Å². The number of nitrogens with two attached hydrogens (primary N) is 1. The number of hydrogen-bond donors (Lipinski definition) is 1. The third kappa shape index (κ3) is 1.94. The van der Waals surface area contributed by atoms with Crippen molar-refractivity contribution in [3.63, 3.8) is 0 Å². The summed E-state index contributed by atoms with van der Waals surface area (Å²) in [5, 5.41) is 0. The Hall–Kier alpha value is -1.30. The van der Waals surface area contributed by atoms with Crippen molar-refractivity contribution in [1.82, 2.24) is 0 Å². The summed E-state index contributed by atoms with van der Waals surface area (Å²) in [5.74, 6) is -4.92. The van der Waals surface area contributed by atoms with Crippen LogP contribution in [0.2, 0.25) is 0 Å². The van der Waals surface area contributed by atoms with Crippen molar-refractivity contribution < 1.29 is 22.3 Å². The van der Waals surface area contributed by atoms with E-state index in [4.69, 9.17) is 10.5 Å². The molecule has 1 aromatic rings. The van der Waals surface area contributed by atoms with Crippen molar-refractivity contribution in [3.8, 4) is 5.75 Å². The summed E-state index contributed by atoms with van der Waals surface area (Å²) in [4.78, 5) is 0. The Morgan fingerprint density at radius 3 is 2.22 bits per heavy atom. The Balaban J connectivity index is 2.47. The topological polar surface area (TPSA) is 35.2 Å². The van der Waals surface area contributed by atoms with Gasteiger partial charge in [-0.15, -0.1) is 0 Å². The molecule has 2 N–H and O–H groups in total. The Bertz CT molecular complexity index is 467. The van der Waals surface area contributed by atoms with Crippen LogP contribution in [0, 0.1) is 11.6 Å². The van der Waals surface area contributed by atoms with Gasteiger partial charge in [-0.3, -0.25) is 0 Å². The average Bonchev–Trinajstić information content (AvgIpc) is 2.28. The van der Waals surface area contributed by atoms with Gasteiger partial charge in [0.2, 0.25) is 5.92 Å². The first-order chi connectivity index (χ1) is 8.33. The lowest BCUT2D eigenvalue weighted by Crippen LogP contribution is -2.53. The molecule has 0 aliphatic heterocycles. The van der Waals surface area contributed by atoms with Crippen molar-refractivity contribution in [1.29, 1.82) is 0 Å². The zero-order chi connectivity index (χ0) is 13.6. The third-order valence-corrected chi connectivity index (χ3v) is 3.40. The van der Waals surface area contributed by atoms with Gasteiger partial charge in [0, 0.05) is 36.4 Å². The first kappa shape index (κ1) is 13.1. The minimum atomic E-state index is -2.81. The number of hydrogen-bond acceptors (Lipinski definition) is 2. The third-order valence-electron chi connectivity index (χ3n) is 3.40. The molecule has 0 unspecified atom stereocenters. The van der Waals surface area contributed by atoms with Gasteiger partial charge < -0.3 is 10.5 Å². The number of alkyl halides is 2. The predicted molar refractivity (Wildman–Crippen MR) is 57.8 cm³/mol. The maximum Gasteiger partial charge on any atom is 0.250 e. The SMILES string of the molecule is COc1cc(F)c(F)cc1C1(CN)CC(F)(F)C1. The highest BCUT2D eigenvalue weighted by Gasteiger charge is 2.57. The molecule has 0 radical (unpaired) electrons. The van der Waals surface area contributed by atoms with Gasteiger partial charge in [-0.2, -0.15) is 0 Å². The van der Waals surface area contributed by atoms with Crippen LogP contribution in [-0.2, 0) is 5.41 Å². The van der Waals surface area contributed by atoms with Gasteiger partial charge >= 0.3 is 0 Å². The van der Waals surface area contributed by atoms with E-state index in [0.717, 1.165) is 12.1 Å². The highest BCUT2D eigenvalue weighted by Crippen LogP contribution is 2.54. The molecule has 0 heterocycles. The molecule has 0 bridgehead atoms. The van der Waals surface area contributed by atoms with E-state index in [1.165, 1.54) is 7.11 Å². The van der Waals surface area contributed by atoms with Gasteiger partial charge in [0.05, 0.1) is 7.11 Å². The standard InChI is InChI=1S/C12H13F4NO/c1-18-10-3-9(14)8(13)2-7(10)11(6-17)4-12(15,16)5-11/h2-3H,4-6,17H2,1H3. The van der Waals surface area contributed by atoms with Crippen molar-refractivity contribution in [2.45, 2.75) is 24.2 Å². The monoisotopic (exact) mass is 263 g/mol. The van der Waals surface area contributed by atoms with E-state index < -0.39 is 35.8 Å². The summed E-state index contributed by atoms with van der Waals surface area (Å²) in [6, 6.07) is 1.76. The van der Waals surface area contributed by atoms with Gasteiger partial charge in [-0.25, -0.2) is 17.6 Å². The smallest absolute Gasteiger partial charge is 0.250 e. The zero-order valence-corrected chi connectivity index (χ0v) is 9.77. The Labute approximate surface area is 102 Å². The number of benzene rings is 1. The van der Waals surface area contributed by atoms with E-state index in [-0.39, 0.29) is 17.9 Å². The molecule has 0 aromatic heterocycles. The van der Waals surface area contributed by atoms with Crippen LogP contribution in [0.25, 0.3) is 0 Å². The first-order valence-corrected chi connectivity index (χ1v) is 5.45. The predicted octanol–water partition coefficient (Wildman–Crippen LogP) is 2.60. The van der Waals surface area contributed by atoms with Gasteiger partial charge in [-0.1, -0.05) is 0 Å². The first-order valence-electron chi connectivity index (χ1n) is 5.45. The lowest BCUT2D eigenvalue weighted by Gasteiger charge is -2.47. The summed E-state index contributed by atoms with van der Waals surface area (Å²) >= 11 is 0. The molecule has 1 fully saturated rings. The van der Waals surface area contributed by atoms with Crippen LogP contribution in [0.3, 0.4) is 0 Å². The lowest BCUT2D eigenvalue weighted by atomic mass is 9.62. The molecule has 1 aromatic carbocycles. The summed E-state index contributed by atoms with van der Waals surface area (Å²) in [6.45, 7) is -0.0655. The molecule has 0 spiro atoms. The number of methoxy groups -OCH3 is 1. The van der Waals surface area contributed by atoms with Crippen LogP contribution in [0.1, 0.15) is 18.4 Å². The maximum absolute atomic E-state index is 13.3. The highest BCUT2D eigenvalue weighted by molar-refractivity contribution is 5.43. The van der Waals surface area contributed by atoms with Crippen molar-refractivity contribution in [3.05, 3.63) is 29.3 Å². The molecule has 18 heavy (non-hydrogen) atoms. The van der Waals surface area contributed by atoms with Crippen molar-refractivity contribution in [2.75, 3.05) is 13.7 Å². The molecule has 1 aliphatic carbocycles. The zero-order valence-electron chi connectivity index (χ0n) is 9.77. The normalized spacial score (nSPS) is 20.3. The van der Waals surface area contributed by atoms with Crippen LogP contribution < -0.4 is 10.5 Å². The molecule has 1 aliphatic rings. The number of rotatable bonds is 3. The van der Waals surface area contributed by atoms with Crippen LogP contribution in [0.4, 0.5) is 17.6 Å². The second-order valence-corrected chi connectivity index (χ2v) is 4.66. The molecular formula is C12H13F4NO. The molecule has 0 atom stereocenters. The van der Waals surface area contributed by atoms with Gasteiger partial charge in [0.1, 0.15) is 5.75 Å². The fourth-order valence-corrected chi connectivity index (χ4v) is 2.50. The van der Waals surface area contributed by atoms with Crippen LogP contribution >= 0.6 is 0 Å². The van der Waals surface area contributed by atoms with Crippen LogP contribution in [0.15, 0.2) is 12.1 Å².